The van der Waals surface area contributed by atoms with E-state index in [9.17, 15) is 47.9 Å². The molecule has 31 nitrogen and oxygen atoms in total. The minimum absolute atomic E-state index is 0.0147. The van der Waals surface area contributed by atoms with Gasteiger partial charge in [-0.15, -0.1) is 0 Å². The molecule has 117 heavy (non-hydrogen) atoms. The zero-order chi connectivity index (χ0) is 86.0. The number of Topliss-reactive ketones (excluding diaryl/α,β-unsaturated/α-hetero) is 5. The van der Waals surface area contributed by atoms with Gasteiger partial charge in [0, 0.05) is 165 Å². The van der Waals surface area contributed by atoms with Gasteiger partial charge in [0.15, 0.2) is 18.9 Å². The number of unbranched alkanes of at least 4 members (excludes halogenated alkanes) is 7. The Morgan fingerprint density at radius 2 is 0.624 bits per heavy atom. The fourth-order valence-electron chi connectivity index (χ4n) is 14.2. The first-order valence-electron chi connectivity index (χ1n) is 43.5. The van der Waals surface area contributed by atoms with Crippen molar-refractivity contribution in [1.29, 1.82) is 0 Å². The number of ether oxygens (including phenoxy) is 16. The number of esters is 3. The van der Waals surface area contributed by atoms with E-state index in [1.54, 1.807) is 0 Å². The lowest BCUT2D eigenvalue weighted by Crippen LogP contribution is -2.47. The number of rotatable bonds is 72. The molecule has 674 valence electrons. The SMILES string of the molecule is CC(=O)OCC1OC(OCCCCC(=O)CCCCCC(=O)CCOCC(COCCC(=O)CCCCCC(=O)CCCCOC2OC(COC(C)=O)C(C)C(C)C2C)(COCCC(=O)NCCCNC(=O)CCCCOC2OC(COC(C)=O)C(C)C(C)C2C)CC(=O)CCOCCOCCOCCOCCN=[N+]=[N-])C(C)C(C)C1C. The van der Waals surface area contributed by atoms with Crippen LogP contribution in [0.3, 0.4) is 0 Å². The van der Waals surface area contributed by atoms with E-state index < -0.39 is 24.3 Å². The summed E-state index contributed by atoms with van der Waals surface area (Å²) in [5.41, 5.74) is 7.28. The highest BCUT2D eigenvalue weighted by atomic mass is 16.7. The molecule has 3 aliphatic rings. The highest BCUT2D eigenvalue weighted by Crippen LogP contribution is 2.39. The van der Waals surface area contributed by atoms with E-state index in [0.29, 0.717) is 206 Å². The molecule has 3 aliphatic heterocycles. The first kappa shape index (κ1) is 106. The Balaban J connectivity index is 1.55. The second-order valence-corrected chi connectivity index (χ2v) is 32.4. The van der Waals surface area contributed by atoms with Crippen LogP contribution in [0.1, 0.15) is 244 Å². The van der Waals surface area contributed by atoms with Crippen molar-refractivity contribution in [3.63, 3.8) is 0 Å². The fraction of sp³-hybridized carbons (Fsp3) is 0.884. The van der Waals surface area contributed by atoms with Gasteiger partial charge in [0.2, 0.25) is 11.8 Å². The van der Waals surface area contributed by atoms with Crippen LogP contribution < -0.4 is 10.6 Å². The zero-order valence-electron chi connectivity index (χ0n) is 73.1. The molecule has 15 unspecified atom stereocenters. The number of hydrogen-bond acceptors (Lipinski definition) is 27. The number of nitrogens with one attached hydrogen (secondary N) is 2. The first-order chi connectivity index (χ1) is 56.2. The summed E-state index contributed by atoms with van der Waals surface area (Å²) in [6.07, 6.45) is 9.12. The van der Waals surface area contributed by atoms with Crippen molar-refractivity contribution >= 4 is 58.6 Å². The summed E-state index contributed by atoms with van der Waals surface area (Å²) in [6.45, 7) is 27.9. The molecule has 0 aromatic heterocycles. The van der Waals surface area contributed by atoms with Gasteiger partial charge in [-0.2, -0.15) is 0 Å². The van der Waals surface area contributed by atoms with Crippen molar-refractivity contribution < 1.29 is 124 Å². The van der Waals surface area contributed by atoms with Gasteiger partial charge < -0.3 is 86.4 Å². The molecule has 3 saturated heterocycles. The van der Waals surface area contributed by atoms with Crippen molar-refractivity contribution in [2.45, 2.75) is 281 Å². The second-order valence-electron chi connectivity index (χ2n) is 32.4. The third-order valence-corrected chi connectivity index (χ3v) is 22.8. The van der Waals surface area contributed by atoms with Gasteiger partial charge in [-0.3, -0.25) is 47.9 Å². The molecule has 0 aromatic carbocycles. The normalized spacial score (nSPS) is 23.7. The standard InChI is InChI=1S/C86H149N5O26/c1-61-64(4)78(55-112-70(10)92)115-83(67(61)7)109-40-22-19-30-73(95)26-15-13-17-28-75(97)33-44-106-58-86(54-77(99)35-43-102-48-50-104-52-53-105-51-49-103-47-39-90-91-87,59-107-45-34-76(98)29-18-14-16-27-74(96)31-20-23-41-110-84-68(8)62(2)65(5)79(116-84)56-113-71(11)93)60-108-46-36-82(101)89-38-25-37-88-81(100)32-21-24-42-111-85-69(9)63(3)66(6)80(117-85)57-114-72(12)94/h61-69,78-80,83-85H,13-60H2,1-12H3,(H,88,100)(H,89,101). The number of amides is 2. The third-order valence-electron chi connectivity index (χ3n) is 22.8. The molecule has 15 atom stereocenters. The average molecular weight is 1670 g/mol. The molecule has 2 amide bonds. The van der Waals surface area contributed by atoms with Crippen LogP contribution in [0.4, 0.5) is 0 Å². The van der Waals surface area contributed by atoms with Gasteiger partial charge in [0.25, 0.3) is 0 Å². The number of azide groups is 1. The number of carbonyl (C=O) groups is 10. The van der Waals surface area contributed by atoms with Crippen LogP contribution in [0.5, 0.6) is 0 Å². The fourth-order valence-corrected chi connectivity index (χ4v) is 14.2. The van der Waals surface area contributed by atoms with E-state index in [0.717, 1.165) is 0 Å². The quantitative estimate of drug-likeness (QED) is 0.0143. The van der Waals surface area contributed by atoms with Crippen LogP contribution in [0.15, 0.2) is 5.11 Å². The topological polar surface area (TPSA) is 391 Å². The van der Waals surface area contributed by atoms with Crippen LogP contribution in [-0.4, -0.2) is 248 Å². The van der Waals surface area contributed by atoms with Crippen LogP contribution in [0.2, 0.25) is 0 Å². The highest BCUT2D eigenvalue weighted by molar-refractivity contribution is 5.81. The van der Waals surface area contributed by atoms with Crippen molar-refractivity contribution in [3.8, 4) is 0 Å². The summed E-state index contributed by atoms with van der Waals surface area (Å²) in [4.78, 5) is 129. The van der Waals surface area contributed by atoms with E-state index in [1.807, 2.05) is 0 Å². The van der Waals surface area contributed by atoms with Gasteiger partial charge in [-0.1, -0.05) is 80.3 Å². The van der Waals surface area contributed by atoms with Crippen LogP contribution in [0.25, 0.3) is 10.4 Å². The van der Waals surface area contributed by atoms with Gasteiger partial charge in [-0.05, 0) is 112 Å². The van der Waals surface area contributed by atoms with Crippen LogP contribution >= 0.6 is 0 Å². The number of ketones is 5. The lowest BCUT2D eigenvalue weighted by atomic mass is 9.79. The molecule has 3 rings (SSSR count). The molecule has 0 radical (unpaired) electrons. The van der Waals surface area contributed by atoms with E-state index in [1.165, 1.54) is 20.8 Å². The summed E-state index contributed by atoms with van der Waals surface area (Å²) in [5.74, 6) is 0.555. The van der Waals surface area contributed by atoms with Gasteiger partial charge in [-0.25, -0.2) is 0 Å². The lowest BCUT2D eigenvalue weighted by molar-refractivity contribution is -0.255. The summed E-state index contributed by atoms with van der Waals surface area (Å²) in [6, 6.07) is 0. The van der Waals surface area contributed by atoms with Crippen molar-refractivity contribution in [3.05, 3.63) is 10.4 Å². The molecule has 0 aliphatic carbocycles. The predicted octanol–water partition coefficient (Wildman–Crippen LogP) is 11.9. The van der Waals surface area contributed by atoms with Gasteiger partial charge in [0.1, 0.15) is 48.7 Å². The average Bonchev–Trinajstić information content (AvgIpc) is 0.830. The Morgan fingerprint density at radius 3 is 0.983 bits per heavy atom. The molecule has 3 heterocycles. The van der Waals surface area contributed by atoms with Crippen molar-refractivity contribution in [2.24, 2.45) is 63.8 Å². The maximum atomic E-state index is 14.0. The molecule has 0 saturated carbocycles. The molecular weight excluding hydrogens is 1520 g/mol. The van der Waals surface area contributed by atoms with E-state index in [2.05, 4.69) is 83.0 Å². The Bertz CT molecular complexity index is 2610. The van der Waals surface area contributed by atoms with Crippen LogP contribution in [0, 0.1) is 58.7 Å². The van der Waals surface area contributed by atoms with E-state index in [4.69, 9.17) is 81.3 Å². The number of carbonyl (C=O) groups excluding carboxylic acids is 10. The molecular formula is C86H149N5O26. The molecule has 3 fully saturated rings. The Morgan fingerprint density at radius 1 is 0.325 bits per heavy atom. The Labute approximate surface area is 696 Å². The number of hydrogen-bond donors (Lipinski definition) is 2. The minimum Gasteiger partial charge on any atom is -0.463 e. The second kappa shape index (κ2) is 64.3. The minimum atomic E-state index is -1.12. The predicted molar refractivity (Wildman–Crippen MR) is 435 cm³/mol. The molecule has 0 bridgehead atoms. The third kappa shape index (κ3) is 48.7. The van der Waals surface area contributed by atoms with E-state index in [-0.39, 0.29) is 236 Å². The molecule has 2 N–H and O–H groups in total. The molecule has 31 heteroatoms. The summed E-state index contributed by atoms with van der Waals surface area (Å²) in [7, 11) is 0. The smallest absolute Gasteiger partial charge is 0.302 e. The summed E-state index contributed by atoms with van der Waals surface area (Å²) >= 11 is 0. The Kier molecular flexibility index (Phi) is 58.1. The highest BCUT2D eigenvalue weighted by Gasteiger charge is 2.43. The van der Waals surface area contributed by atoms with Crippen LogP contribution in [-0.2, 0) is 124 Å². The van der Waals surface area contributed by atoms with Gasteiger partial charge in [0.05, 0.1) is 111 Å². The van der Waals surface area contributed by atoms with Gasteiger partial charge >= 0.3 is 17.9 Å². The largest absolute Gasteiger partial charge is 0.463 e. The Hall–Kier alpha value is -5.51. The maximum absolute atomic E-state index is 14.0. The molecule has 0 aromatic rings. The lowest BCUT2D eigenvalue weighted by Gasteiger charge is -2.43. The van der Waals surface area contributed by atoms with E-state index >= 15 is 0 Å². The molecule has 0 spiro atoms. The van der Waals surface area contributed by atoms with Crippen molar-refractivity contribution in [2.75, 3.05) is 152 Å². The summed E-state index contributed by atoms with van der Waals surface area (Å²) in [5, 5.41) is 9.21. The maximum Gasteiger partial charge on any atom is 0.302 e. The number of nitrogens with zero attached hydrogens (tertiary/aromatic N) is 3. The first-order valence-corrected chi connectivity index (χ1v) is 43.5. The zero-order valence-corrected chi connectivity index (χ0v) is 73.1. The summed E-state index contributed by atoms with van der Waals surface area (Å²) < 4.78 is 93.6. The monoisotopic (exact) mass is 1670 g/mol. The van der Waals surface area contributed by atoms with Crippen molar-refractivity contribution in [1.82, 2.24) is 10.6 Å².